The molecule has 1 aromatic heterocycles. The second-order valence-electron chi connectivity index (χ2n) is 7.61. The smallest absolute Gasteiger partial charge is 0.279 e. The van der Waals surface area contributed by atoms with Crippen LogP contribution in [-0.2, 0) is 17.6 Å². The predicted molar refractivity (Wildman–Crippen MR) is 123 cm³/mol. The standard InChI is InChI=1S/C23H20ClN3O4S/c1-27-21-20(22(29)26-23(27)32-12-14-4-2-3-5-16(14)24)15(11-19(28)25-21)13-6-7-17-18(10-13)31-9-8-30-17/h2-7,10,15H,8-9,11-12H2,1H3,(H,25,28)/t15-/m0/s1. The van der Waals surface area contributed by atoms with Gasteiger partial charge in [0, 0.05) is 30.2 Å². The topological polar surface area (TPSA) is 82.5 Å². The highest BCUT2D eigenvalue weighted by Gasteiger charge is 2.33. The van der Waals surface area contributed by atoms with E-state index in [4.69, 9.17) is 21.1 Å². The lowest BCUT2D eigenvalue weighted by Crippen LogP contribution is -2.33. The number of nitrogens with zero attached hydrogens (tertiary/aromatic N) is 2. The molecule has 7 nitrogen and oxygen atoms in total. The fourth-order valence-electron chi connectivity index (χ4n) is 3.98. The molecule has 0 saturated carbocycles. The minimum Gasteiger partial charge on any atom is -0.486 e. The van der Waals surface area contributed by atoms with Crippen molar-refractivity contribution in [2.75, 3.05) is 18.5 Å². The number of fused-ring (bicyclic) bond motifs is 2. The molecule has 2 aliphatic heterocycles. The molecule has 2 aliphatic rings. The zero-order valence-corrected chi connectivity index (χ0v) is 18.8. The number of anilines is 1. The van der Waals surface area contributed by atoms with Gasteiger partial charge in [0.25, 0.3) is 5.56 Å². The van der Waals surface area contributed by atoms with Crippen LogP contribution in [0.15, 0.2) is 52.4 Å². The summed E-state index contributed by atoms with van der Waals surface area (Å²) >= 11 is 7.65. The molecule has 5 rings (SSSR count). The summed E-state index contributed by atoms with van der Waals surface area (Å²) < 4.78 is 13.0. The minimum atomic E-state index is -0.414. The lowest BCUT2D eigenvalue weighted by Gasteiger charge is -2.28. The lowest BCUT2D eigenvalue weighted by atomic mass is 9.86. The fraction of sp³-hybridized carbons (Fsp3) is 0.261. The third-order valence-corrected chi connectivity index (χ3v) is 7.03. The van der Waals surface area contributed by atoms with E-state index in [1.54, 1.807) is 11.6 Å². The lowest BCUT2D eigenvalue weighted by molar-refractivity contribution is -0.116. The largest absolute Gasteiger partial charge is 0.486 e. The number of halogens is 1. The Morgan fingerprint density at radius 2 is 1.94 bits per heavy atom. The first-order chi connectivity index (χ1) is 15.5. The Morgan fingerprint density at radius 1 is 1.16 bits per heavy atom. The van der Waals surface area contributed by atoms with E-state index in [9.17, 15) is 9.59 Å². The Kier molecular flexibility index (Phi) is 5.57. The first-order valence-electron chi connectivity index (χ1n) is 10.2. The zero-order chi connectivity index (χ0) is 22.2. The molecule has 1 amide bonds. The number of hydrogen-bond donors (Lipinski definition) is 1. The van der Waals surface area contributed by atoms with E-state index in [0.717, 1.165) is 11.1 Å². The van der Waals surface area contributed by atoms with Gasteiger partial charge in [0.05, 0.1) is 5.56 Å². The van der Waals surface area contributed by atoms with Crippen molar-refractivity contribution in [3.05, 3.63) is 74.5 Å². The molecule has 0 fully saturated rings. The van der Waals surface area contributed by atoms with Crippen molar-refractivity contribution in [2.45, 2.75) is 23.2 Å². The molecule has 0 bridgehead atoms. The summed E-state index contributed by atoms with van der Waals surface area (Å²) in [6.07, 6.45) is 0.162. The van der Waals surface area contributed by atoms with Crippen LogP contribution >= 0.6 is 23.4 Å². The van der Waals surface area contributed by atoms with Crippen LogP contribution in [0.2, 0.25) is 5.02 Å². The summed E-state index contributed by atoms with van der Waals surface area (Å²) in [4.78, 5) is 30.0. The summed E-state index contributed by atoms with van der Waals surface area (Å²) in [6.45, 7) is 0.966. The van der Waals surface area contributed by atoms with E-state index in [1.165, 1.54) is 11.8 Å². The van der Waals surface area contributed by atoms with Gasteiger partial charge in [-0.25, -0.2) is 0 Å². The van der Waals surface area contributed by atoms with Crippen LogP contribution in [0.1, 0.15) is 29.0 Å². The van der Waals surface area contributed by atoms with Crippen molar-refractivity contribution in [1.82, 2.24) is 9.55 Å². The van der Waals surface area contributed by atoms with Crippen LogP contribution in [0.5, 0.6) is 11.5 Å². The third-order valence-electron chi connectivity index (χ3n) is 5.58. The Balaban J connectivity index is 1.51. The predicted octanol–water partition coefficient (Wildman–Crippen LogP) is 3.97. The van der Waals surface area contributed by atoms with Crippen LogP contribution in [0.4, 0.5) is 5.82 Å². The van der Waals surface area contributed by atoms with Gasteiger partial charge in [-0.3, -0.25) is 9.59 Å². The van der Waals surface area contributed by atoms with E-state index in [-0.39, 0.29) is 17.9 Å². The van der Waals surface area contributed by atoms with Crippen molar-refractivity contribution >= 4 is 35.1 Å². The number of carbonyl (C=O) groups excluding carboxylic acids is 1. The van der Waals surface area contributed by atoms with Crippen molar-refractivity contribution in [2.24, 2.45) is 7.05 Å². The first kappa shape index (κ1) is 20.9. The molecule has 9 heteroatoms. The average Bonchev–Trinajstić information content (AvgIpc) is 2.80. The summed E-state index contributed by atoms with van der Waals surface area (Å²) in [5, 5.41) is 4.04. The maximum atomic E-state index is 13.1. The number of thioether (sulfide) groups is 1. The molecule has 0 unspecified atom stereocenters. The highest BCUT2D eigenvalue weighted by molar-refractivity contribution is 7.98. The molecule has 1 atom stereocenters. The second-order valence-corrected chi connectivity index (χ2v) is 8.96. The number of rotatable bonds is 4. The van der Waals surface area contributed by atoms with Crippen LogP contribution in [0, 0.1) is 0 Å². The number of aromatic nitrogens is 2. The van der Waals surface area contributed by atoms with Gasteiger partial charge in [0.2, 0.25) is 5.91 Å². The van der Waals surface area contributed by atoms with Gasteiger partial charge in [-0.2, -0.15) is 4.98 Å². The summed E-state index contributed by atoms with van der Waals surface area (Å²) in [6, 6.07) is 13.1. The van der Waals surface area contributed by atoms with Gasteiger partial charge in [-0.05, 0) is 29.3 Å². The van der Waals surface area contributed by atoms with Crippen molar-refractivity contribution < 1.29 is 14.3 Å². The van der Waals surface area contributed by atoms with E-state index in [0.29, 0.717) is 52.0 Å². The monoisotopic (exact) mass is 469 g/mol. The van der Waals surface area contributed by atoms with Crippen LogP contribution in [0.3, 0.4) is 0 Å². The van der Waals surface area contributed by atoms with Crippen molar-refractivity contribution in [1.29, 1.82) is 0 Å². The molecule has 0 saturated heterocycles. The van der Waals surface area contributed by atoms with Crippen molar-refractivity contribution in [3.63, 3.8) is 0 Å². The van der Waals surface area contributed by atoms with Gasteiger partial charge < -0.3 is 19.4 Å². The Bertz CT molecular complexity index is 1280. The number of benzene rings is 2. The van der Waals surface area contributed by atoms with E-state index in [2.05, 4.69) is 10.3 Å². The van der Waals surface area contributed by atoms with Gasteiger partial charge in [0.1, 0.15) is 19.0 Å². The van der Waals surface area contributed by atoms with Crippen molar-refractivity contribution in [3.8, 4) is 11.5 Å². The van der Waals surface area contributed by atoms with Gasteiger partial charge in [-0.1, -0.05) is 47.6 Å². The average molecular weight is 470 g/mol. The second kappa shape index (κ2) is 8.52. The maximum absolute atomic E-state index is 13.1. The number of ether oxygens (including phenoxy) is 2. The summed E-state index contributed by atoms with van der Waals surface area (Å²) in [5.41, 5.74) is 1.90. The number of carbonyl (C=O) groups is 1. The third kappa shape index (κ3) is 3.84. The van der Waals surface area contributed by atoms with E-state index < -0.39 is 5.92 Å². The van der Waals surface area contributed by atoms with Crippen LogP contribution < -0.4 is 20.3 Å². The van der Waals surface area contributed by atoms with Crippen LogP contribution in [0.25, 0.3) is 0 Å². The molecular formula is C23H20ClN3O4S. The zero-order valence-electron chi connectivity index (χ0n) is 17.3. The van der Waals surface area contributed by atoms with Gasteiger partial charge >= 0.3 is 0 Å². The molecule has 3 aromatic rings. The molecule has 3 heterocycles. The van der Waals surface area contributed by atoms with E-state index in [1.807, 2.05) is 42.5 Å². The fourth-order valence-corrected chi connectivity index (χ4v) is 5.23. The quantitative estimate of drug-likeness (QED) is 0.460. The Labute approximate surface area is 193 Å². The molecular weight excluding hydrogens is 450 g/mol. The molecule has 32 heavy (non-hydrogen) atoms. The molecule has 0 radical (unpaired) electrons. The molecule has 1 N–H and O–H groups in total. The normalized spacial score (nSPS) is 16.9. The molecule has 2 aromatic carbocycles. The molecule has 0 aliphatic carbocycles. The molecule has 0 spiro atoms. The number of hydrogen-bond acceptors (Lipinski definition) is 6. The Hall–Kier alpha value is -2.97. The van der Waals surface area contributed by atoms with E-state index >= 15 is 0 Å². The number of nitrogens with one attached hydrogen (secondary N) is 1. The summed E-state index contributed by atoms with van der Waals surface area (Å²) in [5.74, 6) is 1.75. The molecule has 164 valence electrons. The maximum Gasteiger partial charge on any atom is 0.279 e. The van der Waals surface area contributed by atoms with Gasteiger partial charge in [0.15, 0.2) is 16.7 Å². The summed E-state index contributed by atoms with van der Waals surface area (Å²) in [7, 11) is 1.80. The first-order valence-corrected chi connectivity index (χ1v) is 11.5. The highest BCUT2D eigenvalue weighted by atomic mass is 35.5. The van der Waals surface area contributed by atoms with Crippen LogP contribution in [-0.4, -0.2) is 28.7 Å². The Morgan fingerprint density at radius 3 is 2.75 bits per heavy atom. The number of amides is 1. The minimum absolute atomic E-state index is 0.152. The van der Waals surface area contributed by atoms with Gasteiger partial charge in [-0.15, -0.1) is 0 Å². The highest BCUT2D eigenvalue weighted by Crippen LogP contribution is 2.40. The SMILES string of the molecule is Cn1c(SCc2ccccc2Cl)nc(=O)c2c1NC(=O)C[C@H]2c1ccc2c(c1)OCCO2.